The summed E-state index contributed by atoms with van der Waals surface area (Å²) in [6, 6.07) is 1.14. The van der Waals surface area contributed by atoms with Crippen LogP contribution in [0.5, 0.6) is 0 Å². The molecule has 0 amide bonds. The van der Waals surface area contributed by atoms with Crippen LogP contribution in [0.25, 0.3) is 0 Å². The summed E-state index contributed by atoms with van der Waals surface area (Å²) in [5.41, 5.74) is 0. The van der Waals surface area contributed by atoms with E-state index in [0.29, 0.717) is 12.1 Å². The van der Waals surface area contributed by atoms with Gasteiger partial charge in [-0.2, -0.15) is 0 Å². The van der Waals surface area contributed by atoms with Crippen molar-refractivity contribution in [3.05, 3.63) is 0 Å². The molecule has 16 heavy (non-hydrogen) atoms. The highest BCUT2D eigenvalue weighted by atomic mass is 16.3. The fourth-order valence-electron chi connectivity index (χ4n) is 3.45. The summed E-state index contributed by atoms with van der Waals surface area (Å²) in [7, 11) is 0. The van der Waals surface area contributed by atoms with Crippen molar-refractivity contribution in [2.75, 3.05) is 6.54 Å². The van der Waals surface area contributed by atoms with Gasteiger partial charge in [-0.1, -0.05) is 32.1 Å². The molecule has 1 aliphatic carbocycles. The molecule has 2 fully saturated rings. The molecular formula is C14H27NO. The quantitative estimate of drug-likeness (QED) is 0.741. The zero-order chi connectivity index (χ0) is 11.4. The molecular weight excluding hydrogens is 198 g/mol. The second-order valence-corrected chi connectivity index (χ2v) is 5.71. The summed E-state index contributed by atoms with van der Waals surface area (Å²) in [4.78, 5) is 2.60. The van der Waals surface area contributed by atoms with Crippen molar-refractivity contribution in [3.8, 4) is 0 Å². The molecule has 0 radical (unpaired) electrons. The Morgan fingerprint density at radius 2 is 1.56 bits per heavy atom. The second kappa shape index (κ2) is 6.02. The van der Waals surface area contributed by atoms with Crippen LogP contribution in [0.1, 0.15) is 64.7 Å². The first-order valence-corrected chi connectivity index (χ1v) is 7.23. The van der Waals surface area contributed by atoms with E-state index in [4.69, 9.17) is 0 Å². The van der Waals surface area contributed by atoms with Crippen molar-refractivity contribution in [1.29, 1.82) is 0 Å². The lowest BCUT2D eigenvalue weighted by Crippen LogP contribution is -2.50. The maximum absolute atomic E-state index is 10.3. The third kappa shape index (κ3) is 2.98. The number of likely N-dealkylation sites (tertiary alicyclic amines) is 1. The molecule has 1 aliphatic heterocycles. The lowest BCUT2D eigenvalue weighted by molar-refractivity contribution is -0.000987. The van der Waals surface area contributed by atoms with Crippen molar-refractivity contribution in [1.82, 2.24) is 4.90 Å². The summed E-state index contributed by atoms with van der Waals surface area (Å²) in [5, 5.41) is 10.3. The molecule has 3 unspecified atom stereocenters. The Morgan fingerprint density at radius 3 is 2.31 bits per heavy atom. The molecule has 0 bridgehead atoms. The van der Waals surface area contributed by atoms with Crippen LogP contribution in [-0.4, -0.2) is 34.7 Å². The largest absolute Gasteiger partial charge is 0.391 e. The Bertz CT molecular complexity index is 207. The smallest absolute Gasteiger partial charge is 0.0695 e. The summed E-state index contributed by atoms with van der Waals surface area (Å²) in [6.07, 6.45) is 11.4. The molecule has 3 atom stereocenters. The summed E-state index contributed by atoms with van der Waals surface area (Å²) in [5.74, 6) is 0. The van der Waals surface area contributed by atoms with Gasteiger partial charge in [0.25, 0.3) is 0 Å². The molecule has 0 spiro atoms. The van der Waals surface area contributed by atoms with E-state index in [1.54, 1.807) is 0 Å². The van der Waals surface area contributed by atoms with Crippen LogP contribution in [0.3, 0.4) is 0 Å². The minimum Gasteiger partial charge on any atom is -0.391 e. The fraction of sp³-hybridized carbons (Fsp3) is 1.00. The topological polar surface area (TPSA) is 23.5 Å². The molecule has 0 aromatic heterocycles. The Balaban J connectivity index is 1.97. The van der Waals surface area contributed by atoms with Crippen LogP contribution in [0.15, 0.2) is 0 Å². The van der Waals surface area contributed by atoms with Crippen molar-refractivity contribution in [2.45, 2.75) is 82.9 Å². The van der Waals surface area contributed by atoms with E-state index in [1.165, 1.54) is 57.9 Å². The highest BCUT2D eigenvalue weighted by Gasteiger charge is 2.30. The number of hydrogen-bond donors (Lipinski definition) is 1. The number of aliphatic hydroxyl groups excluding tert-OH is 1. The van der Waals surface area contributed by atoms with Crippen LogP contribution >= 0.6 is 0 Å². The first kappa shape index (κ1) is 12.4. The van der Waals surface area contributed by atoms with Crippen LogP contribution in [0.2, 0.25) is 0 Å². The molecule has 1 saturated heterocycles. The number of piperidine rings is 1. The van der Waals surface area contributed by atoms with Gasteiger partial charge in [-0.25, -0.2) is 0 Å². The van der Waals surface area contributed by atoms with Gasteiger partial charge in [0.1, 0.15) is 0 Å². The minimum atomic E-state index is -0.0687. The van der Waals surface area contributed by atoms with Gasteiger partial charge >= 0.3 is 0 Å². The molecule has 2 nitrogen and oxygen atoms in total. The van der Waals surface area contributed by atoms with Crippen molar-refractivity contribution < 1.29 is 5.11 Å². The van der Waals surface area contributed by atoms with Crippen LogP contribution < -0.4 is 0 Å². The molecule has 1 heterocycles. The summed E-state index contributed by atoms with van der Waals surface area (Å²) in [6.45, 7) is 3.55. The molecule has 0 aromatic carbocycles. The fourth-order valence-corrected chi connectivity index (χ4v) is 3.45. The summed E-state index contributed by atoms with van der Waals surface area (Å²) >= 11 is 0. The lowest BCUT2D eigenvalue weighted by Gasteiger charge is -2.42. The molecule has 1 N–H and O–H groups in total. The molecule has 2 heteroatoms. The second-order valence-electron chi connectivity index (χ2n) is 5.71. The van der Waals surface area contributed by atoms with E-state index in [-0.39, 0.29) is 6.10 Å². The number of hydrogen-bond acceptors (Lipinski definition) is 2. The molecule has 2 aliphatic rings. The maximum atomic E-state index is 10.3. The molecule has 94 valence electrons. The van der Waals surface area contributed by atoms with E-state index in [2.05, 4.69) is 11.8 Å². The number of rotatable bonds is 1. The van der Waals surface area contributed by atoms with Crippen molar-refractivity contribution in [2.24, 2.45) is 0 Å². The van der Waals surface area contributed by atoms with E-state index < -0.39 is 0 Å². The first-order chi connectivity index (χ1) is 7.79. The van der Waals surface area contributed by atoms with Crippen molar-refractivity contribution in [3.63, 3.8) is 0 Å². The third-order valence-corrected chi connectivity index (χ3v) is 4.47. The molecule has 1 saturated carbocycles. The standard InChI is InChI=1S/C14H27NO/c1-12-8-6-7-11-15(12)13-9-4-2-3-5-10-14(13)16/h12-14,16H,2-11H2,1H3. The Hall–Kier alpha value is -0.0800. The van der Waals surface area contributed by atoms with Gasteiger partial charge in [0.2, 0.25) is 0 Å². The van der Waals surface area contributed by atoms with Gasteiger partial charge in [-0.05, 0) is 39.2 Å². The number of nitrogens with zero attached hydrogens (tertiary/aromatic N) is 1. The van der Waals surface area contributed by atoms with Crippen LogP contribution in [-0.2, 0) is 0 Å². The normalized spacial score (nSPS) is 39.0. The average Bonchev–Trinajstić information content (AvgIpc) is 2.26. The zero-order valence-electron chi connectivity index (χ0n) is 10.7. The average molecular weight is 225 g/mol. The summed E-state index contributed by atoms with van der Waals surface area (Å²) < 4.78 is 0. The van der Waals surface area contributed by atoms with E-state index in [0.717, 1.165) is 6.42 Å². The zero-order valence-corrected chi connectivity index (χ0v) is 10.7. The number of aliphatic hydroxyl groups is 1. The van der Waals surface area contributed by atoms with Gasteiger partial charge in [0.15, 0.2) is 0 Å². The lowest BCUT2D eigenvalue weighted by atomic mass is 9.90. The molecule has 2 rings (SSSR count). The molecule has 0 aromatic rings. The van der Waals surface area contributed by atoms with Gasteiger partial charge in [0.05, 0.1) is 6.10 Å². The Morgan fingerprint density at radius 1 is 0.875 bits per heavy atom. The minimum absolute atomic E-state index is 0.0687. The van der Waals surface area contributed by atoms with E-state index >= 15 is 0 Å². The van der Waals surface area contributed by atoms with E-state index in [9.17, 15) is 5.11 Å². The van der Waals surface area contributed by atoms with E-state index in [1.807, 2.05) is 0 Å². The first-order valence-electron chi connectivity index (χ1n) is 7.23. The van der Waals surface area contributed by atoms with Crippen LogP contribution in [0.4, 0.5) is 0 Å². The monoisotopic (exact) mass is 225 g/mol. The Kier molecular flexibility index (Phi) is 4.66. The highest BCUT2D eigenvalue weighted by Crippen LogP contribution is 2.27. The third-order valence-electron chi connectivity index (χ3n) is 4.47. The van der Waals surface area contributed by atoms with Gasteiger partial charge in [0, 0.05) is 12.1 Å². The van der Waals surface area contributed by atoms with Crippen molar-refractivity contribution >= 4 is 0 Å². The SMILES string of the molecule is CC1CCCCN1C1CCCCCCC1O. The highest BCUT2D eigenvalue weighted by molar-refractivity contribution is 4.86. The van der Waals surface area contributed by atoms with Crippen LogP contribution in [0, 0.1) is 0 Å². The van der Waals surface area contributed by atoms with Gasteiger partial charge < -0.3 is 5.11 Å². The van der Waals surface area contributed by atoms with Gasteiger partial charge in [-0.15, -0.1) is 0 Å². The predicted octanol–water partition coefficient (Wildman–Crippen LogP) is 2.94. The van der Waals surface area contributed by atoms with Gasteiger partial charge in [-0.3, -0.25) is 4.90 Å². The predicted molar refractivity (Wildman–Crippen MR) is 67.5 cm³/mol. The Labute approximate surface area is 100 Å². The maximum Gasteiger partial charge on any atom is 0.0695 e.